The fourth-order valence-corrected chi connectivity index (χ4v) is 2.83. The molecule has 2 aromatic heterocycles. The van der Waals surface area contributed by atoms with Gasteiger partial charge in [-0.05, 0) is 55.8 Å². The summed E-state index contributed by atoms with van der Waals surface area (Å²) in [6, 6.07) is 10.9. The van der Waals surface area contributed by atoms with E-state index in [1.165, 1.54) is 18.2 Å². The normalized spacial score (nSPS) is 11.1. The molecule has 0 bridgehead atoms. The monoisotopic (exact) mass is 366 g/mol. The minimum absolute atomic E-state index is 0.0522. The van der Waals surface area contributed by atoms with Crippen LogP contribution in [-0.2, 0) is 6.61 Å². The molecule has 0 spiro atoms. The van der Waals surface area contributed by atoms with Crippen LogP contribution in [0.3, 0.4) is 0 Å². The minimum atomic E-state index is -0.402. The predicted octanol–water partition coefficient (Wildman–Crippen LogP) is 4.18. The van der Waals surface area contributed by atoms with Gasteiger partial charge in [0, 0.05) is 22.6 Å². The Morgan fingerprint density at radius 1 is 1.11 bits per heavy atom. The van der Waals surface area contributed by atoms with Gasteiger partial charge in [0.05, 0.1) is 0 Å². The number of hydrogen-bond donors (Lipinski definition) is 0. The van der Waals surface area contributed by atoms with E-state index in [9.17, 15) is 9.18 Å². The first-order valence-corrected chi connectivity index (χ1v) is 8.26. The van der Waals surface area contributed by atoms with E-state index >= 15 is 0 Å². The maximum atomic E-state index is 13.0. The van der Waals surface area contributed by atoms with Crippen molar-refractivity contribution in [3.8, 4) is 17.1 Å². The zero-order chi connectivity index (χ0) is 19.0. The van der Waals surface area contributed by atoms with E-state index in [2.05, 4.69) is 10.1 Å². The Kier molecular flexibility index (Phi) is 4.19. The Morgan fingerprint density at radius 3 is 2.67 bits per heavy atom. The lowest BCUT2D eigenvalue weighted by Crippen LogP contribution is -2.01. The van der Waals surface area contributed by atoms with Gasteiger partial charge in [0.25, 0.3) is 5.89 Å². The molecular weight excluding hydrogens is 351 g/mol. The second kappa shape index (κ2) is 6.68. The van der Waals surface area contributed by atoms with Crippen LogP contribution < -0.4 is 10.4 Å². The van der Waals surface area contributed by atoms with E-state index in [0.717, 1.165) is 10.9 Å². The molecule has 0 atom stereocenters. The Labute approximate surface area is 153 Å². The van der Waals surface area contributed by atoms with Crippen LogP contribution >= 0.6 is 0 Å². The molecule has 0 N–H and O–H groups in total. The predicted molar refractivity (Wildman–Crippen MR) is 96.0 cm³/mol. The second-order valence-corrected chi connectivity index (χ2v) is 6.12. The molecule has 4 aromatic rings. The summed E-state index contributed by atoms with van der Waals surface area (Å²) in [6.45, 7) is 3.73. The maximum absolute atomic E-state index is 13.0. The van der Waals surface area contributed by atoms with Crippen LogP contribution in [0, 0.1) is 19.7 Å². The van der Waals surface area contributed by atoms with E-state index in [4.69, 9.17) is 13.7 Å². The third-order valence-corrected chi connectivity index (χ3v) is 4.24. The van der Waals surface area contributed by atoms with E-state index in [1.54, 1.807) is 12.1 Å². The van der Waals surface area contributed by atoms with Crippen molar-refractivity contribution < 1.29 is 18.1 Å². The fourth-order valence-electron chi connectivity index (χ4n) is 2.83. The molecule has 6 nitrogen and oxygen atoms in total. The second-order valence-electron chi connectivity index (χ2n) is 6.12. The molecule has 0 fully saturated rings. The van der Waals surface area contributed by atoms with Crippen molar-refractivity contribution in [3.05, 3.63) is 75.7 Å². The lowest BCUT2D eigenvalue weighted by molar-refractivity contribution is 0.241. The van der Waals surface area contributed by atoms with Gasteiger partial charge in [0.1, 0.15) is 17.1 Å². The van der Waals surface area contributed by atoms with Gasteiger partial charge in [-0.25, -0.2) is 9.18 Å². The van der Waals surface area contributed by atoms with Crippen LogP contribution in [-0.4, -0.2) is 10.1 Å². The fraction of sp³-hybridized carbons (Fsp3) is 0.150. The molecule has 0 aliphatic rings. The van der Waals surface area contributed by atoms with Gasteiger partial charge in [-0.1, -0.05) is 5.16 Å². The number of aromatic nitrogens is 2. The number of fused-ring (bicyclic) bond motifs is 1. The number of benzene rings is 2. The summed E-state index contributed by atoms with van der Waals surface area (Å²) in [7, 11) is 0. The van der Waals surface area contributed by atoms with E-state index in [-0.39, 0.29) is 18.3 Å². The molecule has 0 saturated heterocycles. The van der Waals surface area contributed by atoms with Crippen molar-refractivity contribution in [2.75, 3.05) is 0 Å². The lowest BCUT2D eigenvalue weighted by atomic mass is 10.1. The minimum Gasteiger partial charge on any atom is -0.483 e. The maximum Gasteiger partial charge on any atom is 0.336 e. The van der Waals surface area contributed by atoms with Crippen molar-refractivity contribution in [3.63, 3.8) is 0 Å². The van der Waals surface area contributed by atoms with E-state index in [0.29, 0.717) is 28.3 Å². The molecule has 2 aromatic carbocycles. The Morgan fingerprint density at radius 2 is 1.89 bits per heavy atom. The average molecular weight is 366 g/mol. The molecule has 0 radical (unpaired) electrons. The highest BCUT2D eigenvalue weighted by atomic mass is 19.1. The molecule has 136 valence electrons. The lowest BCUT2D eigenvalue weighted by Gasteiger charge is -2.09. The number of rotatable bonds is 4. The van der Waals surface area contributed by atoms with Gasteiger partial charge >= 0.3 is 5.63 Å². The standard InChI is InChI=1S/C20H15FN2O4/c1-11-9-18(24)26-19-12(2)16(8-7-15(11)19)25-10-17-22-20(23-27-17)13-3-5-14(21)6-4-13/h3-9H,10H2,1-2H3. The zero-order valence-electron chi connectivity index (χ0n) is 14.7. The van der Waals surface area contributed by atoms with Gasteiger partial charge in [-0.3, -0.25) is 0 Å². The molecule has 4 rings (SSSR count). The molecule has 0 aliphatic carbocycles. The topological polar surface area (TPSA) is 78.4 Å². The van der Waals surface area contributed by atoms with Crippen LogP contribution in [0.25, 0.3) is 22.4 Å². The third kappa shape index (κ3) is 3.31. The molecular formula is C20H15FN2O4. The van der Waals surface area contributed by atoms with Crippen molar-refractivity contribution in [1.82, 2.24) is 10.1 Å². The highest BCUT2D eigenvalue weighted by molar-refractivity contribution is 5.84. The van der Waals surface area contributed by atoms with E-state index in [1.807, 2.05) is 26.0 Å². The van der Waals surface area contributed by atoms with Crippen LogP contribution in [0.15, 0.2) is 56.2 Å². The number of ether oxygens (including phenoxy) is 1. The smallest absolute Gasteiger partial charge is 0.336 e. The first-order valence-electron chi connectivity index (χ1n) is 8.26. The van der Waals surface area contributed by atoms with Gasteiger partial charge in [-0.15, -0.1) is 0 Å². The Bertz CT molecular complexity index is 1180. The van der Waals surface area contributed by atoms with Gasteiger partial charge in [0.2, 0.25) is 5.82 Å². The first-order chi connectivity index (χ1) is 13.0. The summed E-state index contributed by atoms with van der Waals surface area (Å²) in [5, 5.41) is 4.73. The number of halogens is 1. The van der Waals surface area contributed by atoms with Crippen molar-refractivity contribution in [2.24, 2.45) is 0 Å². The number of aryl methyl sites for hydroxylation is 2. The Hall–Kier alpha value is -3.48. The highest BCUT2D eigenvalue weighted by Crippen LogP contribution is 2.28. The first kappa shape index (κ1) is 17.0. The Balaban J connectivity index is 1.56. The molecule has 7 heteroatoms. The molecule has 2 heterocycles. The van der Waals surface area contributed by atoms with E-state index < -0.39 is 5.63 Å². The summed E-state index contributed by atoms with van der Waals surface area (Å²) in [4.78, 5) is 15.9. The van der Waals surface area contributed by atoms with Crippen molar-refractivity contribution >= 4 is 11.0 Å². The largest absolute Gasteiger partial charge is 0.483 e. The average Bonchev–Trinajstić information content (AvgIpc) is 3.11. The van der Waals surface area contributed by atoms with Crippen LogP contribution in [0.1, 0.15) is 17.0 Å². The highest BCUT2D eigenvalue weighted by Gasteiger charge is 2.13. The number of hydrogen-bond acceptors (Lipinski definition) is 6. The van der Waals surface area contributed by atoms with Gasteiger partial charge < -0.3 is 13.7 Å². The van der Waals surface area contributed by atoms with Gasteiger partial charge in [0.15, 0.2) is 6.61 Å². The molecule has 27 heavy (non-hydrogen) atoms. The summed E-state index contributed by atoms with van der Waals surface area (Å²) in [6.07, 6.45) is 0. The third-order valence-electron chi connectivity index (χ3n) is 4.24. The number of nitrogens with zero attached hydrogens (tertiary/aromatic N) is 2. The summed E-state index contributed by atoms with van der Waals surface area (Å²) in [5.74, 6) is 0.849. The quantitative estimate of drug-likeness (QED) is 0.504. The van der Waals surface area contributed by atoms with Gasteiger partial charge in [-0.2, -0.15) is 4.98 Å². The SMILES string of the molecule is Cc1cc(=O)oc2c(C)c(OCc3nc(-c4ccc(F)cc4)no3)ccc12. The van der Waals surface area contributed by atoms with Crippen molar-refractivity contribution in [2.45, 2.75) is 20.5 Å². The molecule has 0 aliphatic heterocycles. The summed E-state index contributed by atoms with van der Waals surface area (Å²) < 4.78 is 29.3. The summed E-state index contributed by atoms with van der Waals surface area (Å²) >= 11 is 0. The zero-order valence-corrected chi connectivity index (χ0v) is 14.7. The summed E-state index contributed by atoms with van der Waals surface area (Å²) in [5.41, 5.74) is 2.30. The molecule has 0 unspecified atom stereocenters. The molecule has 0 saturated carbocycles. The van der Waals surface area contributed by atoms with Crippen LogP contribution in [0.4, 0.5) is 4.39 Å². The van der Waals surface area contributed by atoms with Crippen molar-refractivity contribution in [1.29, 1.82) is 0 Å². The van der Waals surface area contributed by atoms with Crippen LogP contribution in [0.5, 0.6) is 5.75 Å². The molecule has 0 amide bonds. The van der Waals surface area contributed by atoms with Crippen LogP contribution in [0.2, 0.25) is 0 Å².